The minimum Gasteiger partial charge on any atom is -0.354 e. The maximum Gasteiger partial charge on any atom is 0.0966 e. The van der Waals surface area contributed by atoms with Crippen molar-refractivity contribution in [2.45, 2.75) is 6.42 Å². The van der Waals surface area contributed by atoms with E-state index in [4.69, 9.17) is 5.26 Å². The molecule has 1 heterocycles. The standard InChI is InChI=1S/C16H10N2/c17-10-4-3-5-12-8-9-14-13-6-1-2-7-15(13)18-16(14)11-12/h1-2,6-9,11,18H,4H2. The minimum atomic E-state index is 0.269. The van der Waals surface area contributed by atoms with Gasteiger partial charge >= 0.3 is 0 Å². The highest BCUT2D eigenvalue weighted by Crippen LogP contribution is 2.25. The minimum absolute atomic E-state index is 0.269. The molecule has 2 aromatic carbocycles. The monoisotopic (exact) mass is 230 g/mol. The van der Waals surface area contributed by atoms with Crippen LogP contribution in [0.25, 0.3) is 21.8 Å². The quantitative estimate of drug-likeness (QED) is 0.589. The second kappa shape index (κ2) is 4.28. The first-order valence-electron chi connectivity index (χ1n) is 5.75. The van der Waals surface area contributed by atoms with Crippen LogP contribution >= 0.6 is 0 Å². The molecule has 0 aliphatic carbocycles. The predicted molar refractivity (Wildman–Crippen MR) is 72.9 cm³/mol. The summed E-state index contributed by atoms with van der Waals surface area (Å²) in [5, 5.41) is 10.9. The second-order valence-corrected chi connectivity index (χ2v) is 4.07. The number of benzene rings is 2. The number of H-pyrrole nitrogens is 1. The lowest BCUT2D eigenvalue weighted by molar-refractivity contribution is 1.39. The lowest BCUT2D eigenvalue weighted by atomic mass is 10.1. The molecule has 0 aliphatic heterocycles. The first-order chi connectivity index (χ1) is 8.88. The van der Waals surface area contributed by atoms with Crippen LogP contribution in [0.1, 0.15) is 12.0 Å². The van der Waals surface area contributed by atoms with Gasteiger partial charge in [-0.25, -0.2) is 0 Å². The fourth-order valence-electron chi connectivity index (χ4n) is 2.12. The molecule has 18 heavy (non-hydrogen) atoms. The second-order valence-electron chi connectivity index (χ2n) is 4.07. The molecule has 0 unspecified atom stereocenters. The predicted octanol–water partition coefficient (Wildman–Crippen LogP) is 3.59. The Labute approximate surface area is 105 Å². The van der Waals surface area contributed by atoms with Crippen molar-refractivity contribution >= 4 is 21.8 Å². The summed E-state index contributed by atoms with van der Waals surface area (Å²) in [5.41, 5.74) is 3.15. The Hall–Kier alpha value is -2.71. The Morgan fingerprint density at radius 3 is 2.72 bits per heavy atom. The van der Waals surface area contributed by atoms with Crippen molar-refractivity contribution in [2.75, 3.05) is 0 Å². The van der Waals surface area contributed by atoms with Crippen LogP contribution in [0.5, 0.6) is 0 Å². The number of fused-ring (bicyclic) bond motifs is 3. The number of nitrogens with zero attached hydrogens (tertiary/aromatic N) is 1. The number of hydrogen-bond acceptors (Lipinski definition) is 1. The van der Waals surface area contributed by atoms with Crippen molar-refractivity contribution in [3.05, 3.63) is 48.0 Å². The molecule has 0 spiro atoms. The zero-order valence-electron chi connectivity index (χ0n) is 9.70. The summed E-state index contributed by atoms with van der Waals surface area (Å²) in [7, 11) is 0. The summed E-state index contributed by atoms with van der Waals surface area (Å²) < 4.78 is 0. The highest BCUT2D eigenvalue weighted by molar-refractivity contribution is 6.07. The van der Waals surface area contributed by atoms with Crippen LogP contribution in [0.3, 0.4) is 0 Å². The molecule has 3 aromatic rings. The smallest absolute Gasteiger partial charge is 0.0966 e. The molecule has 1 aromatic heterocycles. The third-order valence-electron chi connectivity index (χ3n) is 2.91. The fourth-order valence-corrected chi connectivity index (χ4v) is 2.12. The van der Waals surface area contributed by atoms with Gasteiger partial charge in [0.05, 0.1) is 12.5 Å². The van der Waals surface area contributed by atoms with E-state index >= 15 is 0 Å². The highest BCUT2D eigenvalue weighted by Gasteiger charge is 2.02. The van der Waals surface area contributed by atoms with E-state index in [0.717, 1.165) is 16.6 Å². The number of hydrogen-bond donors (Lipinski definition) is 1. The largest absolute Gasteiger partial charge is 0.354 e. The molecule has 0 atom stereocenters. The summed E-state index contributed by atoms with van der Waals surface area (Å²) in [6.45, 7) is 0. The molecular weight excluding hydrogens is 220 g/mol. The Balaban J connectivity index is 2.17. The molecule has 0 aliphatic rings. The van der Waals surface area contributed by atoms with Gasteiger partial charge in [-0.15, -0.1) is 0 Å². The lowest BCUT2D eigenvalue weighted by Crippen LogP contribution is -1.74. The van der Waals surface area contributed by atoms with Crippen molar-refractivity contribution < 1.29 is 0 Å². The molecule has 1 N–H and O–H groups in total. The number of rotatable bonds is 0. The molecule has 2 heteroatoms. The van der Waals surface area contributed by atoms with E-state index in [0.29, 0.717) is 0 Å². The molecule has 0 radical (unpaired) electrons. The van der Waals surface area contributed by atoms with Crippen LogP contribution < -0.4 is 0 Å². The molecule has 0 saturated heterocycles. The molecule has 0 amide bonds. The number of nitriles is 1. The van der Waals surface area contributed by atoms with E-state index in [1.807, 2.05) is 30.3 Å². The fraction of sp³-hybridized carbons (Fsp3) is 0.0625. The molecule has 0 saturated carbocycles. The molecular formula is C16H10N2. The van der Waals surface area contributed by atoms with Gasteiger partial charge in [0.25, 0.3) is 0 Å². The Bertz CT molecular complexity index is 823. The summed E-state index contributed by atoms with van der Waals surface area (Å²) in [6, 6.07) is 16.3. The van der Waals surface area contributed by atoms with Crippen LogP contribution in [0, 0.1) is 23.2 Å². The summed E-state index contributed by atoms with van der Waals surface area (Å²) in [4.78, 5) is 3.38. The molecule has 0 bridgehead atoms. The third-order valence-corrected chi connectivity index (χ3v) is 2.91. The van der Waals surface area contributed by atoms with E-state index in [1.54, 1.807) is 0 Å². The van der Waals surface area contributed by atoms with Crippen molar-refractivity contribution in [1.82, 2.24) is 4.98 Å². The first-order valence-corrected chi connectivity index (χ1v) is 5.75. The number of aromatic amines is 1. The van der Waals surface area contributed by atoms with E-state index in [2.05, 4.69) is 35.0 Å². The topological polar surface area (TPSA) is 39.6 Å². The van der Waals surface area contributed by atoms with Crippen molar-refractivity contribution in [1.29, 1.82) is 5.26 Å². The SMILES string of the molecule is N#CCC#Cc1ccc2c(c1)[nH]c1ccccc12. The Morgan fingerprint density at radius 2 is 1.83 bits per heavy atom. The number of aromatic nitrogens is 1. The van der Waals surface area contributed by atoms with Crippen LogP contribution in [0.15, 0.2) is 42.5 Å². The zero-order chi connectivity index (χ0) is 12.4. The van der Waals surface area contributed by atoms with Gasteiger partial charge in [0, 0.05) is 27.4 Å². The maximum absolute atomic E-state index is 8.45. The summed E-state index contributed by atoms with van der Waals surface area (Å²) >= 11 is 0. The van der Waals surface area contributed by atoms with E-state index < -0.39 is 0 Å². The van der Waals surface area contributed by atoms with Crippen molar-refractivity contribution in [2.24, 2.45) is 0 Å². The average molecular weight is 230 g/mol. The van der Waals surface area contributed by atoms with Gasteiger partial charge in [0.2, 0.25) is 0 Å². The zero-order valence-corrected chi connectivity index (χ0v) is 9.70. The van der Waals surface area contributed by atoms with Gasteiger partial charge in [0.15, 0.2) is 0 Å². The number of nitrogens with one attached hydrogen (secondary N) is 1. The van der Waals surface area contributed by atoms with Gasteiger partial charge < -0.3 is 4.98 Å². The van der Waals surface area contributed by atoms with Crippen LogP contribution in [-0.2, 0) is 0 Å². The first kappa shape index (κ1) is 10.4. The average Bonchev–Trinajstić information content (AvgIpc) is 2.76. The van der Waals surface area contributed by atoms with Gasteiger partial charge in [-0.2, -0.15) is 5.26 Å². The van der Waals surface area contributed by atoms with Gasteiger partial charge in [-0.3, -0.25) is 0 Å². The van der Waals surface area contributed by atoms with Gasteiger partial charge in [0.1, 0.15) is 0 Å². The normalized spacial score (nSPS) is 9.94. The summed E-state index contributed by atoms with van der Waals surface area (Å²) in [6.07, 6.45) is 0.269. The van der Waals surface area contributed by atoms with Crippen LogP contribution in [0.2, 0.25) is 0 Å². The van der Waals surface area contributed by atoms with E-state index in [1.165, 1.54) is 10.8 Å². The van der Waals surface area contributed by atoms with E-state index in [9.17, 15) is 0 Å². The van der Waals surface area contributed by atoms with Gasteiger partial charge in [-0.1, -0.05) is 36.1 Å². The maximum atomic E-state index is 8.45. The van der Waals surface area contributed by atoms with Gasteiger partial charge in [-0.05, 0) is 18.2 Å². The molecule has 0 fully saturated rings. The Kier molecular flexibility index (Phi) is 2.48. The highest BCUT2D eigenvalue weighted by atomic mass is 14.7. The number of para-hydroxylation sites is 1. The van der Waals surface area contributed by atoms with Crippen LogP contribution in [0.4, 0.5) is 0 Å². The lowest BCUT2D eigenvalue weighted by Gasteiger charge is -1.92. The summed E-state index contributed by atoms with van der Waals surface area (Å²) in [5.74, 6) is 5.81. The third kappa shape index (κ3) is 1.71. The molecule has 84 valence electrons. The van der Waals surface area contributed by atoms with E-state index in [-0.39, 0.29) is 6.42 Å². The molecule has 2 nitrogen and oxygen atoms in total. The van der Waals surface area contributed by atoms with Crippen molar-refractivity contribution in [3.8, 4) is 17.9 Å². The van der Waals surface area contributed by atoms with Crippen LogP contribution in [-0.4, -0.2) is 4.98 Å². The van der Waals surface area contributed by atoms with Crippen molar-refractivity contribution in [3.63, 3.8) is 0 Å². The molecule has 3 rings (SSSR count). The Morgan fingerprint density at radius 1 is 1.00 bits per heavy atom.